The molecule has 2 aromatic rings. The van der Waals surface area contributed by atoms with Crippen molar-refractivity contribution in [2.24, 2.45) is 0 Å². The summed E-state index contributed by atoms with van der Waals surface area (Å²) in [7, 11) is 0. The lowest BCUT2D eigenvalue weighted by Gasteiger charge is -2.19. The Bertz CT molecular complexity index is 720. The summed E-state index contributed by atoms with van der Waals surface area (Å²) in [6, 6.07) is 7.71. The number of nitrogens with zero attached hydrogens (tertiary/aromatic N) is 3. The van der Waals surface area contributed by atoms with Gasteiger partial charge < -0.3 is 10.2 Å². The molecule has 0 bridgehead atoms. The minimum atomic E-state index is -0.0779. The van der Waals surface area contributed by atoms with Crippen LogP contribution in [0.15, 0.2) is 36.5 Å². The minimum absolute atomic E-state index is 0.0779. The predicted octanol–water partition coefficient (Wildman–Crippen LogP) is 3.03. The largest absolute Gasteiger partial charge is 0.353 e. The molecule has 0 radical (unpaired) electrons. The van der Waals surface area contributed by atoms with Crippen molar-refractivity contribution in [1.29, 1.82) is 0 Å². The molecule has 1 fully saturated rings. The molecule has 1 N–H and O–H groups in total. The molecular weight excluding hydrogens is 312 g/mol. The summed E-state index contributed by atoms with van der Waals surface area (Å²) >= 11 is 0. The highest BCUT2D eigenvalue weighted by Gasteiger charge is 2.08. The molecule has 1 amide bonds. The molecule has 132 valence electrons. The Hall–Kier alpha value is -2.27. The van der Waals surface area contributed by atoms with Crippen LogP contribution in [0.4, 0.5) is 0 Å². The second-order valence-electron chi connectivity index (χ2n) is 6.52. The Morgan fingerprint density at radius 2 is 1.88 bits per heavy atom. The molecular formula is C20H26N4O. The average molecular weight is 338 g/mol. The number of carbonyl (C=O) groups excluding carboxylic acids is 1. The smallest absolute Gasteiger partial charge is 0.244 e. The molecule has 3 rings (SSSR count). The Balaban J connectivity index is 1.41. The second kappa shape index (κ2) is 9.28. The summed E-state index contributed by atoms with van der Waals surface area (Å²) in [5.74, 6) is -0.0779. The second-order valence-corrected chi connectivity index (χ2v) is 6.52. The van der Waals surface area contributed by atoms with E-state index in [2.05, 4.69) is 20.2 Å². The van der Waals surface area contributed by atoms with E-state index in [9.17, 15) is 4.79 Å². The van der Waals surface area contributed by atoms with E-state index in [1.807, 2.05) is 24.3 Å². The number of benzene rings is 1. The number of amides is 1. The van der Waals surface area contributed by atoms with Gasteiger partial charge in [-0.3, -0.25) is 9.78 Å². The quantitative estimate of drug-likeness (QED) is 0.650. The van der Waals surface area contributed by atoms with Crippen molar-refractivity contribution in [3.8, 4) is 0 Å². The average Bonchev–Trinajstić information content (AvgIpc) is 2.92. The standard InChI is InChI=1S/C20H26N4O/c25-20(21-12-7-15-24-13-5-1-2-6-14-24)11-10-17-16-22-18-8-3-4-9-19(18)23-17/h3-4,8-11,16H,1-2,5-7,12-15H2,(H,21,25)/b11-10+. The van der Waals surface area contributed by atoms with Gasteiger partial charge in [0.15, 0.2) is 0 Å². The van der Waals surface area contributed by atoms with Gasteiger partial charge >= 0.3 is 0 Å². The van der Waals surface area contributed by atoms with Crippen LogP contribution in [-0.2, 0) is 4.79 Å². The van der Waals surface area contributed by atoms with Crippen molar-refractivity contribution in [3.05, 3.63) is 42.2 Å². The maximum Gasteiger partial charge on any atom is 0.244 e. The summed E-state index contributed by atoms with van der Waals surface area (Å²) in [6.45, 7) is 4.19. The normalized spacial score (nSPS) is 16.2. The van der Waals surface area contributed by atoms with Crippen LogP contribution in [0.1, 0.15) is 37.8 Å². The number of hydrogen-bond acceptors (Lipinski definition) is 4. The van der Waals surface area contributed by atoms with Crippen molar-refractivity contribution in [1.82, 2.24) is 20.2 Å². The van der Waals surface area contributed by atoms with Gasteiger partial charge in [0.05, 0.1) is 22.9 Å². The van der Waals surface area contributed by atoms with Gasteiger partial charge in [0, 0.05) is 12.6 Å². The molecule has 0 aliphatic carbocycles. The maximum absolute atomic E-state index is 11.9. The van der Waals surface area contributed by atoms with Crippen molar-refractivity contribution < 1.29 is 4.79 Å². The topological polar surface area (TPSA) is 58.1 Å². The maximum atomic E-state index is 11.9. The SMILES string of the molecule is O=C(/C=C/c1cnc2ccccc2n1)NCCCN1CCCCCC1. The summed E-state index contributed by atoms with van der Waals surface area (Å²) in [5, 5.41) is 2.94. The van der Waals surface area contributed by atoms with E-state index in [-0.39, 0.29) is 5.91 Å². The van der Waals surface area contributed by atoms with Gasteiger partial charge in [-0.15, -0.1) is 0 Å². The highest BCUT2D eigenvalue weighted by Crippen LogP contribution is 2.10. The number of hydrogen-bond donors (Lipinski definition) is 1. The van der Waals surface area contributed by atoms with Crippen LogP contribution in [0.3, 0.4) is 0 Å². The zero-order chi connectivity index (χ0) is 17.3. The van der Waals surface area contributed by atoms with Crippen molar-refractivity contribution >= 4 is 23.0 Å². The fraction of sp³-hybridized carbons (Fsp3) is 0.450. The predicted molar refractivity (Wildman–Crippen MR) is 101 cm³/mol. The molecule has 2 heterocycles. The number of nitrogens with one attached hydrogen (secondary N) is 1. The summed E-state index contributed by atoms with van der Waals surface area (Å²) < 4.78 is 0. The number of aromatic nitrogens is 2. The van der Waals surface area contributed by atoms with Crippen molar-refractivity contribution in [3.63, 3.8) is 0 Å². The number of rotatable bonds is 6. The number of fused-ring (bicyclic) bond motifs is 1. The molecule has 0 spiro atoms. The minimum Gasteiger partial charge on any atom is -0.353 e. The summed E-state index contributed by atoms with van der Waals surface area (Å²) in [4.78, 5) is 23.3. The van der Waals surface area contributed by atoms with E-state index < -0.39 is 0 Å². The Kier molecular flexibility index (Phi) is 6.51. The molecule has 1 aromatic carbocycles. The third-order valence-corrected chi connectivity index (χ3v) is 4.52. The van der Waals surface area contributed by atoms with Gasteiger partial charge in [0.25, 0.3) is 0 Å². The first kappa shape index (κ1) is 17.5. The Labute approximate surface area is 149 Å². The number of para-hydroxylation sites is 2. The first-order valence-electron chi connectivity index (χ1n) is 9.21. The van der Waals surface area contributed by atoms with Gasteiger partial charge in [-0.1, -0.05) is 25.0 Å². The van der Waals surface area contributed by atoms with Crippen LogP contribution in [0.5, 0.6) is 0 Å². The van der Waals surface area contributed by atoms with Gasteiger partial charge in [-0.25, -0.2) is 4.98 Å². The van der Waals surface area contributed by atoms with E-state index in [1.54, 1.807) is 12.3 Å². The van der Waals surface area contributed by atoms with Crippen molar-refractivity contribution in [2.75, 3.05) is 26.2 Å². The first-order valence-corrected chi connectivity index (χ1v) is 9.21. The van der Waals surface area contributed by atoms with Gasteiger partial charge in [0.2, 0.25) is 5.91 Å². The molecule has 1 aliphatic rings. The lowest BCUT2D eigenvalue weighted by molar-refractivity contribution is -0.116. The highest BCUT2D eigenvalue weighted by molar-refractivity contribution is 5.91. The van der Waals surface area contributed by atoms with Crippen LogP contribution in [-0.4, -0.2) is 47.0 Å². The molecule has 1 saturated heterocycles. The van der Waals surface area contributed by atoms with E-state index in [0.29, 0.717) is 12.2 Å². The van der Waals surface area contributed by atoms with E-state index in [0.717, 1.165) is 24.0 Å². The van der Waals surface area contributed by atoms with Gasteiger partial charge in [0.1, 0.15) is 0 Å². The first-order chi connectivity index (χ1) is 12.3. The summed E-state index contributed by atoms with van der Waals surface area (Å²) in [5.41, 5.74) is 2.39. The van der Waals surface area contributed by atoms with Crippen LogP contribution in [0, 0.1) is 0 Å². The van der Waals surface area contributed by atoms with Crippen LogP contribution in [0.25, 0.3) is 17.1 Å². The molecule has 1 aliphatic heterocycles. The molecule has 0 saturated carbocycles. The van der Waals surface area contributed by atoms with Crippen LogP contribution in [0.2, 0.25) is 0 Å². The number of carbonyl (C=O) groups is 1. The monoisotopic (exact) mass is 338 g/mol. The molecule has 0 atom stereocenters. The fourth-order valence-corrected chi connectivity index (χ4v) is 3.15. The third kappa shape index (κ3) is 5.64. The molecule has 5 nitrogen and oxygen atoms in total. The molecule has 0 unspecified atom stereocenters. The fourth-order valence-electron chi connectivity index (χ4n) is 3.15. The zero-order valence-electron chi connectivity index (χ0n) is 14.7. The summed E-state index contributed by atoms with van der Waals surface area (Å²) in [6.07, 6.45) is 11.3. The van der Waals surface area contributed by atoms with Crippen LogP contribution < -0.4 is 5.32 Å². The Morgan fingerprint density at radius 1 is 1.12 bits per heavy atom. The van der Waals surface area contributed by atoms with E-state index in [1.165, 1.54) is 44.8 Å². The third-order valence-electron chi connectivity index (χ3n) is 4.52. The highest BCUT2D eigenvalue weighted by atomic mass is 16.1. The van der Waals surface area contributed by atoms with E-state index >= 15 is 0 Å². The lowest BCUT2D eigenvalue weighted by atomic mass is 10.2. The lowest BCUT2D eigenvalue weighted by Crippen LogP contribution is -2.30. The zero-order valence-corrected chi connectivity index (χ0v) is 14.7. The van der Waals surface area contributed by atoms with Gasteiger partial charge in [-0.05, 0) is 57.1 Å². The van der Waals surface area contributed by atoms with Gasteiger partial charge in [-0.2, -0.15) is 0 Å². The molecule has 5 heteroatoms. The molecule has 25 heavy (non-hydrogen) atoms. The van der Waals surface area contributed by atoms with Crippen LogP contribution >= 0.6 is 0 Å². The Morgan fingerprint density at radius 3 is 2.68 bits per heavy atom. The molecule has 1 aromatic heterocycles. The van der Waals surface area contributed by atoms with Crippen molar-refractivity contribution in [2.45, 2.75) is 32.1 Å². The van der Waals surface area contributed by atoms with E-state index in [4.69, 9.17) is 0 Å². The number of likely N-dealkylation sites (tertiary alicyclic amines) is 1.